The average molecular weight is 442 g/mol. The first-order chi connectivity index (χ1) is 14.7. The second-order valence-corrected chi connectivity index (χ2v) is 8.87. The Bertz CT molecular complexity index is 1100. The van der Waals surface area contributed by atoms with E-state index in [1.54, 1.807) is 44.2 Å². The summed E-state index contributed by atoms with van der Waals surface area (Å²) in [6, 6.07) is 13.4. The smallest absolute Gasteiger partial charge is 0.248 e. The first kappa shape index (κ1) is 24.1. The summed E-state index contributed by atoms with van der Waals surface area (Å²) < 4.78 is 32.8. The number of nitrogens with one attached hydrogen (secondary N) is 1. The van der Waals surface area contributed by atoms with Crippen molar-refractivity contribution in [3.8, 4) is 11.8 Å². The fourth-order valence-corrected chi connectivity index (χ4v) is 4.41. The van der Waals surface area contributed by atoms with E-state index in [2.05, 4.69) is 11.4 Å². The van der Waals surface area contributed by atoms with Crippen LogP contribution in [0.15, 0.2) is 53.4 Å². The predicted octanol–water partition coefficient (Wildman–Crippen LogP) is 4.03. The highest BCUT2D eigenvalue weighted by Gasteiger charge is 2.23. The predicted molar refractivity (Wildman–Crippen MR) is 121 cm³/mol. The number of amides is 1. The molecule has 1 N–H and O–H groups in total. The van der Waals surface area contributed by atoms with Crippen LogP contribution < -0.4 is 10.1 Å². The summed E-state index contributed by atoms with van der Waals surface area (Å²) in [6.07, 6.45) is 2.66. The van der Waals surface area contributed by atoms with Gasteiger partial charge in [0.15, 0.2) is 0 Å². The molecule has 0 aromatic heterocycles. The third kappa shape index (κ3) is 6.17. The lowest BCUT2D eigenvalue weighted by molar-refractivity contribution is -0.111. The number of sulfonamides is 1. The summed E-state index contributed by atoms with van der Waals surface area (Å²) in [5, 5.41) is 11.9. The molecule has 31 heavy (non-hydrogen) atoms. The maximum Gasteiger partial charge on any atom is 0.248 e. The molecule has 0 saturated carbocycles. The monoisotopic (exact) mass is 441 g/mol. The Balaban J connectivity index is 2.37. The number of anilines is 1. The van der Waals surface area contributed by atoms with Gasteiger partial charge in [-0.3, -0.25) is 4.79 Å². The highest BCUT2D eigenvalue weighted by atomic mass is 32.2. The summed E-state index contributed by atoms with van der Waals surface area (Å²) in [6.45, 7) is 7.89. The van der Waals surface area contributed by atoms with Crippen LogP contribution in [0.25, 0.3) is 6.08 Å². The molecule has 0 atom stereocenters. The first-order valence-electron chi connectivity index (χ1n) is 10.0. The van der Waals surface area contributed by atoms with Crippen molar-refractivity contribution in [3.63, 3.8) is 0 Å². The molecule has 0 spiro atoms. The van der Waals surface area contributed by atoms with E-state index in [1.807, 2.05) is 13.8 Å². The molecule has 164 valence electrons. The average Bonchev–Trinajstić information content (AvgIpc) is 2.74. The summed E-state index contributed by atoms with van der Waals surface area (Å²) >= 11 is 0. The molecule has 0 unspecified atom stereocenters. The van der Waals surface area contributed by atoms with Crippen LogP contribution in [0.2, 0.25) is 0 Å². The molecule has 1 amide bonds. The van der Waals surface area contributed by atoms with E-state index in [-0.39, 0.29) is 16.7 Å². The van der Waals surface area contributed by atoms with Crippen molar-refractivity contribution < 1.29 is 17.9 Å². The van der Waals surface area contributed by atoms with E-state index in [4.69, 9.17) is 10.00 Å². The van der Waals surface area contributed by atoms with Crippen LogP contribution in [-0.2, 0) is 14.8 Å². The maximum absolute atomic E-state index is 12.9. The zero-order valence-electron chi connectivity index (χ0n) is 18.1. The van der Waals surface area contributed by atoms with Gasteiger partial charge >= 0.3 is 0 Å². The lowest BCUT2D eigenvalue weighted by Gasteiger charge is -2.20. The molecule has 0 aliphatic heterocycles. The number of carbonyl (C=O) groups excluding carboxylic acids is 1. The number of ether oxygens (including phenoxy) is 1. The van der Waals surface area contributed by atoms with Crippen molar-refractivity contribution in [2.45, 2.75) is 38.7 Å². The summed E-state index contributed by atoms with van der Waals surface area (Å²) in [4.78, 5) is 12.6. The molecule has 2 rings (SSSR count). The molecule has 0 radical (unpaired) electrons. The topological polar surface area (TPSA) is 99.5 Å². The molecule has 8 heteroatoms. The first-order valence-corrected chi connectivity index (χ1v) is 11.5. The minimum absolute atomic E-state index is 0.0708. The van der Waals surface area contributed by atoms with Gasteiger partial charge in [0.2, 0.25) is 15.9 Å². The molecule has 0 saturated heterocycles. The molecule has 7 nitrogen and oxygen atoms in total. The molecule has 0 heterocycles. The van der Waals surface area contributed by atoms with Gasteiger partial charge < -0.3 is 10.1 Å². The third-order valence-corrected chi connectivity index (χ3v) is 6.46. The quantitative estimate of drug-likeness (QED) is 0.592. The van der Waals surface area contributed by atoms with E-state index in [1.165, 1.54) is 28.6 Å². The van der Waals surface area contributed by atoms with Gasteiger partial charge in [0.1, 0.15) is 5.75 Å². The van der Waals surface area contributed by atoms with Gasteiger partial charge in [-0.25, -0.2) is 8.42 Å². The Kier molecular flexibility index (Phi) is 8.37. The Morgan fingerprint density at radius 2 is 1.87 bits per heavy atom. The Labute approximate surface area is 184 Å². The third-order valence-electron chi connectivity index (χ3n) is 4.41. The second kappa shape index (κ2) is 10.8. The molecule has 0 bridgehead atoms. The number of hydrogen-bond acceptors (Lipinski definition) is 5. The van der Waals surface area contributed by atoms with Crippen LogP contribution >= 0.6 is 0 Å². The van der Waals surface area contributed by atoms with Crippen molar-refractivity contribution in [3.05, 3.63) is 59.7 Å². The van der Waals surface area contributed by atoms with Gasteiger partial charge in [-0.05, 0) is 49.8 Å². The van der Waals surface area contributed by atoms with Gasteiger partial charge in [-0.15, -0.1) is 0 Å². The fourth-order valence-electron chi connectivity index (χ4n) is 2.92. The lowest BCUT2D eigenvalue weighted by Crippen LogP contribution is -2.30. The Hall–Kier alpha value is -3.15. The summed E-state index contributed by atoms with van der Waals surface area (Å²) in [7, 11) is -3.70. The van der Waals surface area contributed by atoms with Crippen LogP contribution in [0.1, 0.15) is 38.8 Å². The number of benzene rings is 2. The highest BCUT2D eigenvalue weighted by molar-refractivity contribution is 7.89. The van der Waals surface area contributed by atoms with Crippen molar-refractivity contribution >= 4 is 27.7 Å². The van der Waals surface area contributed by atoms with Crippen LogP contribution in [0.4, 0.5) is 5.69 Å². The van der Waals surface area contributed by atoms with Crippen LogP contribution in [0.3, 0.4) is 0 Å². The van der Waals surface area contributed by atoms with E-state index in [9.17, 15) is 13.2 Å². The zero-order valence-corrected chi connectivity index (χ0v) is 18.9. The van der Waals surface area contributed by atoms with E-state index < -0.39 is 15.9 Å². The van der Waals surface area contributed by atoms with Gasteiger partial charge in [0, 0.05) is 19.2 Å². The largest absolute Gasteiger partial charge is 0.489 e. The molecule has 2 aromatic rings. The Morgan fingerprint density at radius 1 is 1.19 bits per heavy atom. The van der Waals surface area contributed by atoms with Gasteiger partial charge in [0.25, 0.3) is 0 Å². The number of carbonyl (C=O) groups is 1. The summed E-state index contributed by atoms with van der Waals surface area (Å²) in [5.41, 5.74) is 1.31. The second-order valence-electron chi connectivity index (χ2n) is 6.94. The van der Waals surface area contributed by atoms with Crippen molar-refractivity contribution in [1.29, 1.82) is 5.26 Å². The molecule has 2 aromatic carbocycles. The molecular weight excluding hydrogens is 414 g/mol. The van der Waals surface area contributed by atoms with Gasteiger partial charge in [-0.2, -0.15) is 9.57 Å². The van der Waals surface area contributed by atoms with Crippen LogP contribution in [0, 0.1) is 11.3 Å². The van der Waals surface area contributed by atoms with Crippen LogP contribution in [0.5, 0.6) is 5.75 Å². The fraction of sp³-hybridized carbons (Fsp3) is 0.304. The molecule has 0 aliphatic rings. The normalized spacial score (nSPS) is 11.6. The van der Waals surface area contributed by atoms with E-state index in [0.29, 0.717) is 30.0 Å². The van der Waals surface area contributed by atoms with Crippen LogP contribution in [-0.4, -0.2) is 37.8 Å². The molecular formula is C23H27N3O4S. The van der Waals surface area contributed by atoms with Gasteiger partial charge in [-0.1, -0.05) is 32.0 Å². The number of rotatable bonds is 9. The van der Waals surface area contributed by atoms with Crippen molar-refractivity contribution in [1.82, 2.24) is 4.31 Å². The van der Waals surface area contributed by atoms with Crippen molar-refractivity contribution in [2.24, 2.45) is 0 Å². The number of hydrogen-bond donors (Lipinski definition) is 1. The summed E-state index contributed by atoms with van der Waals surface area (Å²) in [5.74, 6) is -0.105. The van der Waals surface area contributed by atoms with Gasteiger partial charge in [0.05, 0.1) is 28.3 Å². The molecule has 0 aliphatic carbocycles. The molecule has 0 fully saturated rings. The zero-order chi connectivity index (χ0) is 23.0. The van der Waals surface area contributed by atoms with E-state index in [0.717, 1.165) is 0 Å². The maximum atomic E-state index is 12.9. The lowest BCUT2D eigenvalue weighted by atomic mass is 10.1. The number of nitriles is 1. The van der Waals surface area contributed by atoms with Crippen molar-refractivity contribution in [2.75, 3.05) is 18.4 Å². The highest BCUT2D eigenvalue weighted by Crippen LogP contribution is 2.30. The van der Waals surface area contributed by atoms with E-state index >= 15 is 0 Å². The SMILES string of the molecule is CCN(CC)S(=O)(=O)c1ccc(OC(C)C)c(NC(=O)/C=C/c2ccccc2C#N)c1. The Morgan fingerprint density at radius 3 is 2.48 bits per heavy atom. The minimum Gasteiger partial charge on any atom is -0.489 e. The number of nitrogens with zero attached hydrogens (tertiary/aromatic N) is 2. The standard InChI is InChI=1S/C23H27N3O4S/c1-5-26(6-2)31(28,29)20-12-13-22(30-17(3)4)21(15-20)25-23(27)14-11-18-9-7-8-10-19(18)16-24/h7-15,17H,5-6H2,1-4H3,(H,25,27)/b14-11+. The minimum atomic E-state index is -3.70.